The van der Waals surface area contributed by atoms with Gasteiger partial charge in [0.2, 0.25) is 0 Å². The van der Waals surface area contributed by atoms with Gasteiger partial charge in [-0.05, 0) is 6.04 Å². The van der Waals surface area contributed by atoms with E-state index in [2.05, 4.69) is 34.7 Å². The summed E-state index contributed by atoms with van der Waals surface area (Å²) in [5, 5.41) is 3.84. The number of aromatic nitrogens is 4. The first-order chi connectivity index (χ1) is 14.1. The Labute approximate surface area is 173 Å². The summed E-state index contributed by atoms with van der Waals surface area (Å²) in [5.41, 5.74) is 3.55. The fraction of sp³-hybridized carbons (Fsp3) is 0.450. The molecule has 1 aliphatic heterocycles. The molecule has 0 aromatic carbocycles. The zero-order chi connectivity index (χ0) is 21.9. The lowest BCUT2D eigenvalue weighted by Crippen LogP contribution is -2.27. The van der Waals surface area contributed by atoms with E-state index in [1.54, 1.807) is 0 Å². The Morgan fingerprint density at radius 3 is 2.73 bits per heavy atom. The summed E-state index contributed by atoms with van der Waals surface area (Å²) in [6.45, 7) is 8.02. The summed E-state index contributed by atoms with van der Waals surface area (Å²) >= 11 is 0. The van der Waals surface area contributed by atoms with Crippen molar-refractivity contribution in [1.82, 2.24) is 19.7 Å². The van der Waals surface area contributed by atoms with Crippen LogP contribution in [0.1, 0.15) is 18.0 Å². The minimum Gasteiger partial charge on any atom is -0.377 e. The van der Waals surface area contributed by atoms with E-state index in [1.807, 2.05) is 12.1 Å². The minimum absolute atomic E-state index is 0.249. The van der Waals surface area contributed by atoms with Gasteiger partial charge in [-0.1, -0.05) is 31.8 Å². The van der Waals surface area contributed by atoms with Gasteiger partial charge in [-0.3, -0.25) is 4.68 Å². The molecular formula is C20H25F3N4O2Si. The molecule has 0 amide bonds. The normalized spacial score (nSPS) is 13.7. The van der Waals surface area contributed by atoms with E-state index in [4.69, 9.17) is 4.74 Å². The first-order valence-corrected chi connectivity index (χ1v) is 13.4. The van der Waals surface area contributed by atoms with Crippen molar-refractivity contribution in [3.8, 4) is 22.5 Å². The molecular weight excluding hydrogens is 413 g/mol. The van der Waals surface area contributed by atoms with Gasteiger partial charge in [0.1, 0.15) is 6.29 Å². The van der Waals surface area contributed by atoms with E-state index >= 15 is 0 Å². The Hall–Kier alpha value is -2.46. The van der Waals surface area contributed by atoms with Crippen LogP contribution in [-0.2, 0) is 16.1 Å². The largest absolute Gasteiger partial charge is 0.411 e. The van der Waals surface area contributed by atoms with Gasteiger partial charge >= 0.3 is 6.18 Å². The van der Waals surface area contributed by atoms with Crippen LogP contribution < -0.4 is 0 Å². The number of alkyl halides is 3. The number of nitrogens with zero attached hydrogens (tertiary/aromatic N) is 3. The third kappa shape index (κ3) is 5.17. The Morgan fingerprint density at radius 1 is 1.30 bits per heavy atom. The molecule has 0 unspecified atom stereocenters. The van der Waals surface area contributed by atoms with Gasteiger partial charge in [0.25, 0.3) is 0 Å². The first-order valence-electron chi connectivity index (χ1n) is 9.68. The molecule has 1 aromatic heterocycles. The van der Waals surface area contributed by atoms with Crippen LogP contribution in [0.5, 0.6) is 0 Å². The second-order valence-corrected chi connectivity index (χ2v) is 14.1. The highest BCUT2D eigenvalue weighted by atomic mass is 28.3. The average Bonchev–Trinajstić information content (AvgIpc) is 3.28. The molecule has 30 heavy (non-hydrogen) atoms. The zero-order valence-electron chi connectivity index (χ0n) is 17.2. The summed E-state index contributed by atoms with van der Waals surface area (Å²) in [6.07, 6.45) is -0.890. The molecule has 1 aliphatic carbocycles. The highest BCUT2D eigenvalue weighted by Crippen LogP contribution is 2.36. The Bertz CT molecular complexity index is 962. The van der Waals surface area contributed by atoms with Crippen molar-refractivity contribution >= 4 is 14.4 Å². The third-order valence-corrected chi connectivity index (χ3v) is 6.55. The summed E-state index contributed by atoms with van der Waals surface area (Å²) in [7, 11) is -1.17. The zero-order valence-corrected chi connectivity index (χ0v) is 18.2. The lowest BCUT2D eigenvalue weighted by Gasteiger charge is -2.18. The molecule has 2 aliphatic rings. The lowest BCUT2D eigenvalue weighted by molar-refractivity contribution is -0.172. The molecule has 1 N–H and O–H groups in total. The Morgan fingerprint density at radius 2 is 2.07 bits per heavy atom. The standard InChI is InChI=1S/C20H25F3N4O2Si/c1-30(2,3)9-8-29-12-14-4-5-16-18(14)24-13-25-19(16)15-10-26-27(11-15)17(6-7-28)20(21,22)23/h4-5,7,10-11,13,17H,6,8-9,12H2,1-3H3,(H,24,25)/t17-/m1/s1. The van der Waals surface area contributed by atoms with Gasteiger partial charge in [-0.25, -0.2) is 4.98 Å². The molecule has 1 aromatic rings. The van der Waals surface area contributed by atoms with Gasteiger partial charge in [0, 0.05) is 44.0 Å². The van der Waals surface area contributed by atoms with Gasteiger partial charge < -0.3 is 14.5 Å². The summed E-state index contributed by atoms with van der Waals surface area (Å²) in [5.74, 6) is 0. The molecule has 0 fully saturated rings. The topological polar surface area (TPSA) is 72.8 Å². The molecule has 10 heteroatoms. The number of fused-ring (bicyclic) bond motifs is 1. The lowest BCUT2D eigenvalue weighted by atomic mass is 10.1. The summed E-state index contributed by atoms with van der Waals surface area (Å²) in [4.78, 5) is 18.1. The molecule has 0 radical (unpaired) electrons. The number of aldehydes is 1. The number of carbonyl (C=O) groups is 1. The SMILES string of the molecule is C[Si](C)(C)CCOCc1ccc2c(-c3cnn([C@H](CC=O)C(F)(F)F)c3)nc[nH]c1-2. The number of hydrogen-bond acceptors (Lipinski definition) is 4. The second kappa shape index (κ2) is 8.72. The van der Waals surface area contributed by atoms with Crippen LogP contribution in [0.15, 0.2) is 30.9 Å². The number of H-pyrrole nitrogens is 1. The van der Waals surface area contributed by atoms with E-state index in [0.717, 1.165) is 27.5 Å². The molecule has 0 spiro atoms. The monoisotopic (exact) mass is 438 g/mol. The van der Waals surface area contributed by atoms with Crippen LogP contribution in [0.4, 0.5) is 13.2 Å². The molecule has 162 valence electrons. The Kier molecular flexibility index (Phi) is 6.46. The highest BCUT2D eigenvalue weighted by Gasteiger charge is 2.41. The van der Waals surface area contributed by atoms with Crippen LogP contribution >= 0.6 is 0 Å². The van der Waals surface area contributed by atoms with Crippen LogP contribution in [0.25, 0.3) is 22.5 Å². The molecule has 6 nitrogen and oxygen atoms in total. The number of rotatable bonds is 9. The van der Waals surface area contributed by atoms with Crippen LogP contribution in [0, 0.1) is 0 Å². The van der Waals surface area contributed by atoms with Gasteiger partial charge in [-0.2, -0.15) is 18.3 Å². The highest BCUT2D eigenvalue weighted by molar-refractivity contribution is 6.76. The fourth-order valence-corrected chi connectivity index (χ4v) is 3.90. The van der Waals surface area contributed by atoms with E-state index in [1.165, 1.54) is 18.7 Å². The number of carbonyl (C=O) groups excluding carboxylic acids is 1. The van der Waals surface area contributed by atoms with Gasteiger partial charge in [0.15, 0.2) is 6.04 Å². The van der Waals surface area contributed by atoms with Crippen LogP contribution in [-0.4, -0.2) is 46.9 Å². The van der Waals surface area contributed by atoms with Crippen molar-refractivity contribution in [1.29, 1.82) is 0 Å². The molecule has 0 bridgehead atoms. The molecule has 3 rings (SSSR count). The van der Waals surface area contributed by atoms with Crippen LogP contribution in [0.2, 0.25) is 25.7 Å². The first kappa shape index (κ1) is 22.2. The van der Waals surface area contributed by atoms with Crippen molar-refractivity contribution < 1.29 is 22.7 Å². The summed E-state index contributed by atoms with van der Waals surface area (Å²) < 4.78 is 46.3. The molecule has 1 atom stereocenters. The number of aromatic amines is 1. The summed E-state index contributed by atoms with van der Waals surface area (Å²) in [6, 6.07) is 2.87. The quantitative estimate of drug-likeness (QED) is 0.292. The maximum Gasteiger partial charge on any atom is 0.411 e. The van der Waals surface area contributed by atoms with E-state index in [0.29, 0.717) is 24.5 Å². The van der Waals surface area contributed by atoms with E-state index in [9.17, 15) is 18.0 Å². The van der Waals surface area contributed by atoms with Crippen molar-refractivity contribution in [3.63, 3.8) is 0 Å². The van der Waals surface area contributed by atoms with Crippen molar-refractivity contribution in [2.45, 2.75) is 50.9 Å². The fourth-order valence-electron chi connectivity index (χ4n) is 3.15. The third-order valence-electron chi connectivity index (χ3n) is 4.84. The average molecular weight is 439 g/mol. The molecule has 2 heterocycles. The predicted octanol–water partition coefficient (Wildman–Crippen LogP) is 4.93. The predicted molar refractivity (Wildman–Crippen MR) is 110 cm³/mol. The number of ether oxygens (including phenoxy) is 1. The number of hydrogen-bond donors (Lipinski definition) is 1. The molecule has 0 saturated heterocycles. The van der Waals surface area contributed by atoms with Crippen molar-refractivity contribution in [2.75, 3.05) is 6.61 Å². The van der Waals surface area contributed by atoms with Crippen molar-refractivity contribution in [2.24, 2.45) is 0 Å². The van der Waals surface area contributed by atoms with Gasteiger partial charge in [-0.15, -0.1) is 0 Å². The van der Waals surface area contributed by atoms with E-state index in [-0.39, 0.29) is 6.29 Å². The minimum atomic E-state index is -4.57. The maximum absolute atomic E-state index is 13.2. The maximum atomic E-state index is 13.2. The number of nitrogens with one attached hydrogen (secondary N) is 1. The van der Waals surface area contributed by atoms with E-state index < -0.39 is 26.7 Å². The smallest absolute Gasteiger partial charge is 0.377 e. The molecule has 0 saturated carbocycles. The van der Waals surface area contributed by atoms with Crippen molar-refractivity contribution in [3.05, 3.63) is 36.4 Å². The Balaban J connectivity index is 1.79. The van der Waals surface area contributed by atoms with Crippen LogP contribution in [0.3, 0.4) is 0 Å². The second-order valence-electron chi connectivity index (χ2n) is 8.43. The van der Waals surface area contributed by atoms with Gasteiger partial charge in [0.05, 0.1) is 30.5 Å². The number of halogens is 3.